The van der Waals surface area contributed by atoms with E-state index in [4.69, 9.17) is 0 Å². The largest absolute Gasteiger partial charge is 0.317 e. The lowest BCUT2D eigenvalue weighted by atomic mass is 9.95. The lowest BCUT2D eigenvalue weighted by Gasteiger charge is -2.20. The predicted octanol–water partition coefficient (Wildman–Crippen LogP) is 2.18. The summed E-state index contributed by atoms with van der Waals surface area (Å²) in [5, 5.41) is 3.37. The van der Waals surface area contributed by atoms with Crippen LogP contribution >= 0.6 is 0 Å². The molecule has 1 N–H and O–H groups in total. The van der Waals surface area contributed by atoms with E-state index in [1.807, 2.05) is 0 Å². The number of hydrogen-bond donors (Lipinski definition) is 1. The predicted molar refractivity (Wildman–Crippen MR) is 52.9 cm³/mol. The van der Waals surface area contributed by atoms with E-state index < -0.39 is 0 Å². The Balaban J connectivity index is 2.09. The van der Waals surface area contributed by atoms with Gasteiger partial charge in [-0.1, -0.05) is 6.92 Å². The fourth-order valence-electron chi connectivity index (χ4n) is 1.52. The Morgan fingerprint density at radius 2 is 2.00 bits per heavy atom. The Hall–Kier alpha value is -0.480. The molecule has 1 heteroatoms. The van der Waals surface area contributed by atoms with Gasteiger partial charge in [0.25, 0.3) is 0 Å². The third-order valence-corrected chi connectivity index (χ3v) is 2.35. The van der Waals surface area contributed by atoms with Gasteiger partial charge in [-0.15, -0.1) is 11.8 Å². The monoisotopic (exact) mass is 165 g/mol. The van der Waals surface area contributed by atoms with Gasteiger partial charge in [0.2, 0.25) is 0 Å². The van der Waals surface area contributed by atoms with Gasteiger partial charge in [-0.2, -0.15) is 0 Å². The quantitative estimate of drug-likeness (QED) is 0.618. The van der Waals surface area contributed by atoms with E-state index in [9.17, 15) is 0 Å². The van der Waals surface area contributed by atoms with Crippen LogP contribution in [0.1, 0.15) is 39.0 Å². The summed E-state index contributed by atoms with van der Waals surface area (Å²) in [4.78, 5) is 0. The Morgan fingerprint density at radius 1 is 1.25 bits per heavy atom. The summed E-state index contributed by atoms with van der Waals surface area (Å²) in [6.45, 7) is 4.57. The van der Waals surface area contributed by atoms with Crippen LogP contribution in [0, 0.1) is 17.8 Å². The van der Waals surface area contributed by atoms with Crippen molar-refractivity contribution in [3.8, 4) is 11.8 Å². The summed E-state index contributed by atoms with van der Waals surface area (Å²) in [6, 6.07) is 0. The molecule has 68 valence electrons. The summed E-state index contributed by atoms with van der Waals surface area (Å²) in [7, 11) is 0. The molecule has 1 nitrogen and oxygen atoms in total. The average molecular weight is 165 g/mol. The molecule has 0 amide bonds. The van der Waals surface area contributed by atoms with Gasteiger partial charge >= 0.3 is 0 Å². The van der Waals surface area contributed by atoms with Gasteiger partial charge in [0.15, 0.2) is 0 Å². The maximum atomic E-state index is 3.37. The fraction of sp³-hybridized carbons (Fsp3) is 0.818. The lowest BCUT2D eigenvalue weighted by Crippen LogP contribution is -2.27. The topological polar surface area (TPSA) is 12.0 Å². The first-order valence-electron chi connectivity index (χ1n) is 5.10. The molecule has 1 heterocycles. The molecule has 1 fully saturated rings. The maximum absolute atomic E-state index is 3.37. The number of rotatable bonds is 2. The van der Waals surface area contributed by atoms with Crippen molar-refractivity contribution in [3.05, 3.63) is 0 Å². The molecule has 12 heavy (non-hydrogen) atoms. The van der Waals surface area contributed by atoms with Crippen LogP contribution in [-0.2, 0) is 0 Å². The maximum Gasteiger partial charge on any atom is 0.0118 e. The van der Waals surface area contributed by atoms with E-state index in [0.717, 1.165) is 18.8 Å². The SMILES string of the molecule is CCCC#CCC1CCNCC1. The molecule has 0 unspecified atom stereocenters. The van der Waals surface area contributed by atoms with Crippen molar-refractivity contribution >= 4 is 0 Å². The van der Waals surface area contributed by atoms with Gasteiger partial charge < -0.3 is 5.32 Å². The van der Waals surface area contributed by atoms with Crippen LogP contribution in [0.4, 0.5) is 0 Å². The van der Waals surface area contributed by atoms with Gasteiger partial charge in [0.1, 0.15) is 0 Å². The average Bonchev–Trinajstić information content (AvgIpc) is 2.14. The van der Waals surface area contributed by atoms with Crippen LogP contribution in [0.3, 0.4) is 0 Å². The summed E-state index contributed by atoms with van der Waals surface area (Å²) in [5.41, 5.74) is 0. The van der Waals surface area contributed by atoms with E-state index >= 15 is 0 Å². The molecule has 1 aliphatic rings. The number of piperidine rings is 1. The molecule has 0 aromatic carbocycles. The molecule has 0 aromatic heterocycles. The van der Waals surface area contributed by atoms with E-state index in [2.05, 4.69) is 24.1 Å². The first-order chi connectivity index (χ1) is 5.93. The van der Waals surface area contributed by atoms with Crippen molar-refractivity contribution in [2.75, 3.05) is 13.1 Å². The number of unbranched alkanes of at least 4 members (excludes halogenated alkanes) is 1. The molecule has 0 radical (unpaired) electrons. The third-order valence-electron chi connectivity index (χ3n) is 2.35. The first-order valence-corrected chi connectivity index (χ1v) is 5.10. The van der Waals surface area contributed by atoms with Gasteiger partial charge in [-0.3, -0.25) is 0 Å². The second-order valence-electron chi connectivity index (χ2n) is 3.50. The van der Waals surface area contributed by atoms with E-state index in [0.29, 0.717) is 0 Å². The van der Waals surface area contributed by atoms with Crippen molar-refractivity contribution in [3.63, 3.8) is 0 Å². The normalized spacial score (nSPS) is 18.4. The highest BCUT2D eigenvalue weighted by molar-refractivity contribution is 5.00. The van der Waals surface area contributed by atoms with Crippen LogP contribution in [0.15, 0.2) is 0 Å². The summed E-state index contributed by atoms with van der Waals surface area (Å²) < 4.78 is 0. The minimum Gasteiger partial charge on any atom is -0.317 e. The highest BCUT2D eigenvalue weighted by Crippen LogP contribution is 2.14. The summed E-state index contributed by atoms with van der Waals surface area (Å²) >= 11 is 0. The molecular weight excluding hydrogens is 146 g/mol. The van der Waals surface area contributed by atoms with Crippen LogP contribution in [0.25, 0.3) is 0 Å². The fourth-order valence-corrected chi connectivity index (χ4v) is 1.52. The smallest absolute Gasteiger partial charge is 0.0118 e. The third kappa shape index (κ3) is 3.78. The number of nitrogens with one attached hydrogen (secondary N) is 1. The van der Waals surface area contributed by atoms with Gasteiger partial charge in [0, 0.05) is 12.8 Å². The van der Waals surface area contributed by atoms with Gasteiger partial charge in [-0.25, -0.2) is 0 Å². The number of hydrogen-bond acceptors (Lipinski definition) is 1. The van der Waals surface area contributed by atoms with Crippen molar-refractivity contribution in [2.24, 2.45) is 5.92 Å². The zero-order valence-electron chi connectivity index (χ0n) is 8.03. The lowest BCUT2D eigenvalue weighted by molar-refractivity contribution is 0.381. The van der Waals surface area contributed by atoms with Crippen molar-refractivity contribution in [1.29, 1.82) is 0 Å². The van der Waals surface area contributed by atoms with Crippen LogP contribution in [0.5, 0.6) is 0 Å². The second kappa shape index (κ2) is 6.08. The summed E-state index contributed by atoms with van der Waals surface area (Å²) in [6.07, 6.45) is 6.04. The zero-order chi connectivity index (χ0) is 8.65. The zero-order valence-corrected chi connectivity index (χ0v) is 8.03. The molecule has 0 saturated carbocycles. The van der Waals surface area contributed by atoms with Crippen molar-refractivity contribution in [2.45, 2.75) is 39.0 Å². The molecular formula is C11H19N. The molecule has 1 aliphatic heterocycles. The molecule has 0 atom stereocenters. The molecule has 1 saturated heterocycles. The van der Waals surface area contributed by atoms with Crippen LogP contribution in [-0.4, -0.2) is 13.1 Å². The van der Waals surface area contributed by atoms with Crippen LogP contribution in [0.2, 0.25) is 0 Å². The molecule has 0 aromatic rings. The Labute approximate surface area is 75.9 Å². The second-order valence-corrected chi connectivity index (χ2v) is 3.50. The molecule has 0 spiro atoms. The van der Waals surface area contributed by atoms with Crippen LogP contribution < -0.4 is 5.32 Å². The molecule has 1 rings (SSSR count). The Bertz CT molecular complexity index is 158. The Morgan fingerprint density at radius 3 is 2.67 bits per heavy atom. The highest BCUT2D eigenvalue weighted by Gasteiger charge is 2.10. The van der Waals surface area contributed by atoms with E-state index in [1.54, 1.807) is 0 Å². The van der Waals surface area contributed by atoms with Gasteiger partial charge in [-0.05, 0) is 38.3 Å². The van der Waals surface area contributed by atoms with Crippen molar-refractivity contribution < 1.29 is 0 Å². The Kier molecular flexibility index (Phi) is 4.87. The van der Waals surface area contributed by atoms with Crippen molar-refractivity contribution in [1.82, 2.24) is 5.32 Å². The minimum atomic E-state index is 0.871. The van der Waals surface area contributed by atoms with E-state index in [-0.39, 0.29) is 0 Å². The van der Waals surface area contributed by atoms with Gasteiger partial charge in [0.05, 0.1) is 0 Å². The molecule has 0 bridgehead atoms. The first kappa shape index (κ1) is 9.61. The summed E-state index contributed by atoms with van der Waals surface area (Å²) in [5.74, 6) is 7.36. The minimum absolute atomic E-state index is 0.871. The standard InChI is InChI=1S/C11H19N/c1-2-3-4-5-6-11-7-9-12-10-8-11/h11-12H,2-3,6-10H2,1H3. The van der Waals surface area contributed by atoms with E-state index in [1.165, 1.54) is 32.4 Å². The molecule has 0 aliphatic carbocycles. The highest BCUT2D eigenvalue weighted by atomic mass is 14.9.